The van der Waals surface area contributed by atoms with Gasteiger partial charge in [-0.15, -0.1) is 0 Å². The van der Waals surface area contributed by atoms with Crippen LogP contribution in [0, 0.1) is 6.92 Å². The highest BCUT2D eigenvalue weighted by atomic mass is 16.5. The number of hydrogen-bond donors (Lipinski definition) is 3. The first-order chi connectivity index (χ1) is 17.5. The van der Waals surface area contributed by atoms with Gasteiger partial charge in [-0.1, -0.05) is 12.1 Å². The van der Waals surface area contributed by atoms with E-state index in [0.29, 0.717) is 18.7 Å². The van der Waals surface area contributed by atoms with Crippen molar-refractivity contribution in [2.24, 2.45) is 7.05 Å². The van der Waals surface area contributed by atoms with Gasteiger partial charge in [0.2, 0.25) is 0 Å². The summed E-state index contributed by atoms with van der Waals surface area (Å²) in [4.78, 5) is 43.9. The number of aromatic nitrogens is 2. The molecule has 0 unspecified atom stereocenters. The smallest absolute Gasteiger partial charge is 0.194 e. The highest BCUT2D eigenvalue weighted by Gasteiger charge is 2.56. The SMILES string of the molecule is CC(=O)c1c(O)c(C)c(O)c2c1OC1=CC(=O)/C(=C(/C)NCCc3nc4ccccc4n3C)C(=O)[C@]12C. The molecule has 9 heteroatoms. The summed E-state index contributed by atoms with van der Waals surface area (Å²) in [6, 6.07) is 7.82. The monoisotopic (exact) mass is 501 g/mol. The van der Waals surface area contributed by atoms with Gasteiger partial charge in [-0.3, -0.25) is 14.4 Å². The number of nitrogens with one attached hydrogen (secondary N) is 1. The lowest BCUT2D eigenvalue weighted by Crippen LogP contribution is -2.41. The number of phenols is 2. The van der Waals surface area contributed by atoms with Gasteiger partial charge in [0.1, 0.15) is 39.8 Å². The molecular weight excluding hydrogens is 474 g/mol. The van der Waals surface area contributed by atoms with Crippen molar-refractivity contribution in [2.45, 2.75) is 39.5 Å². The Balaban J connectivity index is 1.50. The lowest BCUT2D eigenvalue weighted by atomic mass is 9.70. The van der Waals surface area contributed by atoms with E-state index in [1.807, 2.05) is 35.9 Å². The molecule has 5 rings (SSSR count). The van der Waals surface area contributed by atoms with Crippen LogP contribution in [0.25, 0.3) is 11.0 Å². The number of ether oxygens (including phenoxy) is 1. The molecular formula is C28H27N3O6. The van der Waals surface area contributed by atoms with Crippen molar-refractivity contribution >= 4 is 28.4 Å². The highest BCUT2D eigenvalue weighted by molar-refractivity contribution is 6.31. The van der Waals surface area contributed by atoms with Crippen molar-refractivity contribution in [3.63, 3.8) is 0 Å². The van der Waals surface area contributed by atoms with Crippen molar-refractivity contribution in [3.8, 4) is 17.2 Å². The maximum absolute atomic E-state index is 13.9. The maximum Gasteiger partial charge on any atom is 0.194 e. The first kappa shape index (κ1) is 24.3. The fourth-order valence-electron chi connectivity index (χ4n) is 5.23. The Labute approximate surface area is 213 Å². The quantitative estimate of drug-likeness (QED) is 0.276. The van der Waals surface area contributed by atoms with Crippen molar-refractivity contribution in [1.29, 1.82) is 0 Å². The largest absolute Gasteiger partial charge is 0.507 e. The van der Waals surface area contributed by atoms with E-state index in [9.17, 15) is 24.6 Å². The van der Waals surface area contributed by atoms with Gasteiger partial charge in [-0.05, 0) is 39.8 Å². The fourth-order valence-corrected chi connectivity index (χ4v) is 5.23. The first-order valence-corrected chi connectivity index (χ1v) is 11.9. The first-order valence-electron chi connectivity index (χ1n) is 11.9. The van der Waals surface area contributed by atoms with E-state index in [-0.39, 0.29) is 39.5 Å². The number of benzene rings is 2. The van der Waals surface area contributed by atoms with Crippen LogP contribution < -0.4 is 10.1 Å². The Bertz CT molecular complexity index is 1610. The normalized spacial score (nSPS) is 19.9. The predicted molar refractivity (Wildman–Crippen MR) is 136 cm³/mol. The van der Waals surface area contributed by atoms with Crippen LogP contribution in [-0.4, -0.2) is 43.7 Å². The topological polar surface area (TPSA) is 131 Å². The number of ketones is 3. The molecule has 1 aliphatic heterocycles. The van der Waals surface area contributed by atoms with E-state index in [0.717, 1.165) is 16.9 Å². The molecule has 3 aromatic rings. The molecule has 37 heavy (non-hydrogen) atoms. The third-order valence-electron chi connectivity index (χ3n) is 7.38. The Kier molecular flexibility index (Phi) is 5.47. The Morgan fingerprint density at radius 1 is 1.16 bits per heavy atom. The molecule has 0 bridgehead atoms. The number of para-hydroxylation sites is 2. The number of aryl methyl sites for hydroxylation is 1. The maximum atomic E-state index is 13.9. The molecule has 1 aromatic heterocycles. The Morgan fingerprint density at radius 2 is 1.86 bits per heavy atom. The average molecular weight is 502 g/mol. The molecule has 1 aliphatic carbocycles. The minimum absolute atomic E-state index is 0.0107. The number of carbonyl (C=O) groups is 3. The number of allylic oxidation sites excluding steroid dienone is 4. The van der Waals surface area contributed by atoms with Crippen LogP contribution in [0.15, 0.2) is 47.4 Å². The lowest BCUT2D eigenvalue weighted by molar-refractivity contribution is -0.123. The van der Waals surface area contributed by atoms with Crippen molar-refractivity contribution < 1.29 is 29.3 Å². The van der Waals surface area contributed by atoms with Gasteiger partial charge in [0.15, 0.2) is 17.3 Å². The fraction of sp³-hybridized carbons (Fsp3) is 0.286. The lowest BCUT2D eigenvalue weighted by Gasteiger charge is -2.29. The van der Waals surface area contributed by atoms with E-state index >= 15 is 0 Å². The molecule has 2 heterocycles. The number of fused-ring (bicyclic) bond motifs is 4. The van der Waals surface area contributed by atoms with Gasteiger partial charge < -0.3 is 24.8 Å². The molecule has 2 aliphatic rings. The van der Waals surface area contributed by atoms with Crippen molar-refractivity contribution in [1.82, 2.24) is 14.9 Å². The van der Waals surface area contributed by atoms with E-state index in [4.69, 9.17) is 4.74 Å². The standard InChI is InChI=1S/C28H27N3O6/c1-13-24(34)22(15(3)32)26-23(25(13)35)28(4)19(37-26)12-18(33)21(27(28)36)14(2)29-11-10-20-30-16-8-6-7-9-17(16)31(20)5/h6-9,12,29,34-35H,10-11H2,1-5H3/b21-14+/t28-/m1/s1. The minimum atomic E-state index is -1.54. The second-order valence-electron chi connectivity index (χ2n) is 9.64. The number of Topliss-reactive ketones (excluding diaryl/α,β-unsaturated/α-hetero) is 2. The van der Waals surface area contributed by atoms with Crippen LogP contribution in [0.1, 0.15) is 48.1 Å². The van der Waals surface area contributed by atoms with Gasteiger partial charge in [-0.2, -0.15) is 0 Å². The van der Waals surface area contributed by atoms with Crippen molar-refractivity contribution in [2.75, 3.05) is 6.54 Å². The summed E-state index contributed by atoms with van der Waals surface area (Å²) in [7, 11) is 1.94. The summed E-state index contributed by atoms with van der Waals surface area (Å²) in [6.45, 7) is 6.34. The van der Waals surface area contributed by atoms with Gasteiger partial charge in [0.25, 0.3) is 0 Å². The zero-order valence-electron chi connectivity index (χ0n) is 21.2. The summed E-state index contributed by atoms with van der Waals surface area (Å²) < 4.78 is 7.80. The van der Waals surface area contributed by atoms with Crippen molar-refractivity contribution in [3.05, 3.63) is 69.9 Å². The molecule has 0 fully saturated rings. The van der Waals surface area contributed by atoms with Crippen LogP contribution in [0.4, 0.5) is 0 Å². The van der Waals surface area contributed by atoms with Crippen LogP contribution >= 0.6 is 0 Å². The second kappa shape index (κ2) is 8.33. The molecule has 0 saturated heterocycles. The second-order valence-corrected chi connectivity index (χ2v) is 9.64. The zero-order chi connectivity index (χ0) is 26.8. The predicted octanol–water partition coefficient (Wildman–Crippen LogP) is 3.29. The number of imidazole rings is 1. The molecule has 0 saturated carbocycles. The van der Waals surface area contributed by atoms with E-state index < -0.39 is 28.5 Å². The van der Waals surface area contributed by atoms with Gasteiger partial charge in [0, 0.05) is 37.3 Å². The summed E-state index contributed by atoms with van der Waals surface area (Å²) >= 11 is 0. The van der Waals surface area contributed by atoms with E-state index in [2.05, 4.69) is 10.3 Å². The van der Waals surface area contributed by atoms with Gasteiger partial charge in [-0.25, -0.2) is 4.98 Å². The molecule has 1 atom stereocenters. The third-order valence-corrected chi connectivity index (χ3v) is 7.38. The number of hydrogen-bond acceptors (Lipinski definition) is 8. The summed E-state index contributed by atoms with van der Waals surface area (Å²) in [5.74, 6) is -1.59. The number of aromatic hydroxyl groups is 2. The molecule has 0 radical (unpaired) electrons. The molecule has 190 valence electrons. The van der Waals surface area contributed by atoms with Crippen LogP contribution in [0.5, 0.6) is 17.2 Å². The Morgan fingerprint density at radius 3 is 2.54 bits per heavy atom. The molecule has 0 amide bonds. The highest BCUT2D eigenvalue weighted by Crippen LogP contribution is 2.57. The Hall–Kier alpha value is -4.40. The molecule has 3 N–H and O–H groups in total. The third kappa shape index (κ3) is 3.37. The minimum Gasteiger partial charge on any atom is -0.507 e. The number of nitrogens with zero attached hydrogens (tertiary/aromatic N) is 2. The van der Waals surface area contributed by atoms with E-state index in [1.54, 1.807) is 13.8 Å². The molecule has 9 nitrogen and oxygen atoms in total. The van der Waals surface area contributed by atoms with Gasteiger partial charge >= 0.3 is 0 Å². The summed E-state index contributed by atoms with van der Waals surface area (Å²) in [6.07, 6.45) is 1.77. The zero-order valence-corrected chi connectivity index (χ0v) is 21.2. The van der Waals surface area contributed by atoms with E-state index in [1.165, 1.54) is 19.9 Å². The summed E-state index contributed by atoms with van der Waals surface area (Å²) in [5, 5.41) is 24.6. The number of phenolic OH excluding ortho intramolecular Hbond substituents is 2. The van der Waals surface area contributed by atoms with Crippen LogP contribution in [0.3, 0.4) is 0 Å². The average Bonchev–Trinajstić information content (AvgIpc) is 3.32. The number of carbonyl (C=O) groups excluding carboxylic acids is 3. The molecule has 0 spiro atoms. The van der Waals surface area contributed by atoms with Gasteiger partial charge in [0.05, 0.1) is 22.2 Å². The summed E-state index contributed by atoms with van der Waals surface area (Å²) in [5.41, 5.74) is 0.703. The van der Waals surface area contributed by atoms with Crippen LogP contribution in [-0.2, 0) is 28.5 Å². The molecule has 2 aromatic carbocycles. The number of rotatable bonds is 5. The van der Waals surface area contributed by atoms with Crippen LogP contribution in [0.2, 0.25) is 0 Å².